The Hall–Kier alpha value is -3.58. The van der Waals surface area contributed by atoms with Crippen LogP contribution in [0.3, 0.4) is 0 Å². The van der Waals surface area contributed by atoms with Crippen LogP contribution >= 0.6 is 0 Å². The number of ether oxygens (including phenoxy) is 1. The molecule has 0 aliphatic carbocycles. The summed E-state index contributed by atoms with van der Waals surface area (Å²) in [6.07, 6.45) is 0. The summed E-state index contributed by atoms with van der Waals surface area (Å²) in [7, 11) is -2.02. The van der Waals surface area contributed by atoms with Gasteiger partial charge in [0.2, 0.25) is 0 Å². The third kappa shape index (κ3) is 4.21. The van der Waals surface area contributed by atoms with E-state index in [0.29, 0.717) is 17.1 Å². The monoisotopic (exact) mass is 420 g/mol. The Labute approximate surface area is 175 Å². The quantitative estimate of drug-likeness (QED) is 0.468. The second kappa shape index (κ2) is 8.04. The van der Waals surface area contributed by atoms with E-state index in [9.17, 15) is 8.42 Å². The van der Waals surface area contributed by atoms with Gasteiger partial charge in [-0.3, -0.25) is 4.72 Å². The standard InChI is InChI=1S/C23H20N2O4S/c1-16-3-13-21(14-4-16)30(26,27)25-19-9-5-17(6-10-19)22-15-23(29-24-22)18-7-11-20(28-2)12-8-18/h3-15,25H,1-2H3. The van der Waals surface area contributed by atoms with Crippen molar-refractivity contribution >= 4 is 15.7 Å². The molecule has 0 amide bonds. The number of aryl methyl sites for hydroxylation is 1. The highest BCUT2D eigenvalue weighted by molar-refractivity contribution is 7.92. The topological polar surface area (TPSA) is 81.4 Å². The van der Waals surface area contributed by atoms with Crippen LogP contribution in [0.15, 0.2) is 88.3 Å². The molecule has 7 heteroatoms. The fourth-order valence-electron chi connectivity index (χ4n) is 2.94. The van der Waals surface area contributed by atoms with Gasteiger partial charge in [0.25, 0.3) is 10.0 Å². The molecule has 4 rings (SSSR count). The molecule has 0 aliphatic heterocycles. The molecular weight excluding hydrogens is 400 g/mol. The molecule has 0 saturated heterocycles. The Kier molecular flexibility index (Phi) is 5.29. The minimum absolute atomic E-state index is 0.220. The molecule has 6 nitrogen and oxygen atoms in total. The van der Waals surface area contributed by atoms with Crippen molar-refractivity contribution in [2.75, 3.05) is 11.8 Å². The van der Waals surface area contributed by atoms with Crippen molar-refractivity contribution in [1.29, 1.82) is 0 Å². The number of hydrogen-bond donors (Lipinski definition) is 1. The fourth-order valence-corrected chi connectivity index (χ4v) is 4.00. The van der Waals surface area contributed by atoms with Crippen molar-refractivity contribution in [2.45, 2.75) is 11.8 Å². The van der Waals surface area contributed by atoms with Gasteiger partial charge in [0.1, 0.15) is 11.4 Å². The van der Waals surface area contributed by atoms with Gasteiger partial charge < -0.3 is 9.26 Å². The van der Waals surface area contributed by atoms with Crippen molar-refractivity contribution in [2.24, 2.45) is 0 Å². The molecular formula is C23H20N2O4S. The van der Waals surface area contributed by atoms with Gasteiger partial charge >= 0.3 is 0 Å². The summed E-state index contributed by atoms with van der Waals surface area (Å²) in [5.41, 5.74) is 3.83. The Bertz CT molecular complexity index is 1240. The number of anilines is 1. The van der Waals surface area contributed by atoms with Crippen LogP contribution in [0.2, 0.25) is 0 Å². The van der Waals surface area contributed by atoms with Crippen molar-refractivity contribution in [3.63, 3.8) is 0 Å². The number of nitrogens with one attached hydrogen (secondary N) is 1. The third-order valence-corrected chi connectivity index (χ3v) is 6.05. The molecule has 0 fully saturated rings. The second-order valence-corrected chi connectivity index (χ2v) is 8.48. The Morgan fingerprint density at radius 1 is 0.867 bits per heavy atom. The summed E-state index contributed by atoms with van der Waals surface area (Å²) in [5, 5.41) is 4.12. The first-order valence-electron chi connectivity index (χ1n) is 9.26. The summed E-state index contributed by atoms with van der Waals surface area (Å²) >= 11 is 0. The van der Waals surface area contributed by atoms with Gasteiger partial charge in [-0.2, -0.15) is 0 Å². The number of rotatable bonds is 6. The highest BCUT2D eigenvalue weighted by Crippen LogP contribution is 2.28. The van der Waals surface area contributed by atoms with Crippen molar-refractivity contribution < 1.29 is 17.7 Å². The Morgan fingerprint density at radius 3 is 2.13 bits per heavy atom. The Morgan fingerprint density at radius 2 is 1.50 bits per heavy atom. The minimum atomic E-state index is -3.64. The highest BCUT2D eigenvalue weighted by atomic mass is 32.2. The summed E-state index contributed by atoms with van der Waals surface area (Å²) in [6.45, 7) is 1.91. The van der Waals surface area contributed by atoms with Gasteiger partial charge in [-0.05, 0) is 55.5 Å². The van der Waals surface area contributed by atoms with Gasteiger partial charge in [-0.25, -0.2) is 8.42 Å². The average molecular weight is 420 g/mol. The molecule has 0 atom stereocenters. The van der Waals surface area contributed by atoms with Gasteiger partial charge in [0.15, 0.2) is 5.76 Å². The molecule has 30 heavy (non-hydrogen) atoms. The largest absolute Gasteiger partial charge is 0.497 e. The fraction of sp³-hybridized carbons (Fsp3) is 0.0870. The van der Waals surface area contributed by atoms with Crippen LogP contribution < -0.4 is 9.46 Å². The smallest absolute Gasteiger partial charge is 0.261 e. The lowest BCUT2D eigenvalue weighted by atomic mass is 10.1. The van der Waals surface area contributed by atoms with Gasteiger partial charge in [-0.15, -0.1) is 0 Å². The first kappa shape index (κ1) is 19.7. The zero-order valence-corrected chi connectivity index (χ0v) is 17.3. The lowest BCUT2D eigenvalue weighted by Gasteiger charge is -2.08. The molecule has 3 aromatic carbocycles. The van der Waals surface area contributed by atoms with Crippen LogP contribution in [-0.2, 0) is 10.0 Å². The maximum Gasteiger partial charge on any atom is 0.261 e. The molecule has 0 saturated carbocycles. The zero-order valence-electron chi connectivity index (χ0n) is 16.5. The summed E-state index contributed by atoms with van der Waals surface area (Å²) in [5.74, 6) is 1.40. The molecule has 1 heterocycles. The van der Waals surface area contributed by atoms with E-state index in [4.69, 9.17) is 9.26 Å². The van der Waals surface area contributed by atoms with E-state index in [1.165, 1.54) is 0 Å². The highest BCUT2D eigenvalue weighted by Gasteiger charge is 2.14. The Balaban J connectivity index is 1.51. The predicted octanol–water partition coefficient (Wildman–Crippen LogP) is 5.13. The maximum atomic E-state index is 12.5. The average Bonchev–Trinajstić information content (AvgIpc) is 3.25. The lowest BCUT2D eigenvalue weighted by Crippen LogP contribution is -2.12. The number of hydrogen-bond acceptors (Lipinski definition) is 5. The van der Waals surface area contributed by atoms with Gasteiger partial charge in [0, 0.05) is 22.9 Å². The molecule has 4 aromatic rings. The van der Waals surface area contributed by atoms with Crippen LogP contribution in [0.25, 0.3) is 22.6 Å². The molecule has 0 spiro atoms. The van der Waals surface area contributed by atoms with E-state index in [0.717, 1.165) is 22.4 Å². The predicted molar refractivity (Wildman–Crippen MR) is 116 cm³/mol. The third-order valence-electron chi connectivity index (χ3n) is 4.65. The van der Waals surface area contributed by atoms with Gasteiger partial charge in [-0.1, -0.05) is 35.0 Å². The molecule has 152 valence electrons. The van der Waals surface area contributed by atoms with Crippen LogP contribution in [0, 0.1) is 6.92 Å². The molecule has 0 bridgehead atoms. The summed E-state index contributed by atoms with van der Waals surface area (Å²) in [4.78, 5) is 0.220. The number of sulfonamides is 1. The second-order valence-electron chi connectivity index (χ2n) is 6.80. The van der Waals surface area contributed by atoms with E-state index in [-0.39, 0.29) is 4.90 Å². The number of aromatic nitrogens is 1. The van der Waals surface area contributed by atoms with E-state index in [1.807, 2.05) is 37.3 Å². The first-order chi connectivity index (χ1) is 14.4. The van der Waals surface area contributed by atoms with Crippen LogP contribution in [0.1, 0.15) is 5.56 Å². The summed E-state index contributed by atoms with van der Waals surface area (Å²) < 4.78 is 38.3. The van der Waals surface area contributed by atoms with E-state index in [2.05, 4.69) is 9.88 Å². The molecule has 1 N–H and O–H groups in total. The van der Waals surface area contributed by atoms with E-state index < -0.39 is 10.0 Å². The van der Waals surface area contributed by atoms with Crippen LogP contribution in [-0.4, -0.2) is 20.7 Å². The minimum Gasteiger partial charge on any atom is -0.497 e. The van der Waals surface area contributed by atoms with Gasteiger partial charge in [0.05, 0.1) is 12.0 Å². The molecule has 0 aliphatic rings. The maximum absolute atomic E-state index is 12.5. The van der Waals surface area contributed by atoms with Crippen molar-refractivity contribution in [1.82, 2.24) is 5.16 Å². The molecule has 0 unspecified atom stereocenters. The summed E-state index contributed by atoms with van der Waals surface area (Å²) in [6, 6.07) is 23.0. The van der Waals surface area contributed by atoms with E-state index in [1.54, 1.807) is 55.6 Å². The van der Waals surface area contributed by atoms with Crippen LogP contribution in [0.5, 0.6) is 5.75 Å². The normalized spacial score (nSPS) is 11.3. The van der Waals surface area contributed by atoms with Crippen molar-refractivity contribution in [3.8, 4) is 28.3 Å². The molecule has 1 aromatic heterocycles. The molecule has 0 radical (unpaired) electrons. The zero-order chi connectivity index (χ0) is 21.1. The first-order valence-corrected chi connectivity index (χ1v) is 10.7. The van der Waals surface area contributed by atoms with Crippen molar-refractivity contribution in [3.05, 3.63) is 84.4 Å². The number of methoxy groups -OCH3 is 1. The number of benzene rings is 3. The lowest BCUT2D eigenvalue weighted by molar-refractivity contribution is 0.414. The number of nitrogens with zero attached hydrogens (tertiary/aromatic N) is 1. The SMILES string of the molecule is COc1ccc(-c2cc(-c3ccc(NS(=O)(=O)c4ccc(C)cc4)cc3)no2)cc1. The van der Waals surface area contributed by atoms with E-state index >= 15 is 0 Å². The van der Waals surface area contributed by atoms with Crippen LogP contribution in [0.4, 0.5) is 5.69 Å².